The second-order valence-corrected chi connectivity index (χ2v) is 7.61. The van der Waals surface area contributed by atoms with E-state index in [0.717, 1.165) is 21.1 Å². The molecule has 0 saturated carbocycles. The average molecular weight is 335 g/mol. The van der Waals surface area contributed by atoms with E-state index in [1.807, 2.05) is 29.0 Å². The number of thiophene rings is 2. The number of primary amides is 1. The average Bonchev–Trinajstić information content (AvgIpc) is 3.19. The van der Waals surface area contributed by atoms with Crippen LogP contribution < -0.4 is 5.73 Å². The van der Waals surface area contributed by atoms with Crippen LogP contribution in [0.25, 0.3) is 21.1 Å². The van der Waals surface area contributed by atoms with Gasteiger partial charge in [0.1, 0.15) is 5.69 Å². The zero-order chi connectivity index (χ0) is 14.8. The highest BCUT2D eigenvalue weighted by atomic mass is 32.2. The summed E-state index contributed by atoms with van der Waals surface area (Å²) in [6.45, 7) is 1.78. The highest BCUT2D eigenvalue weighted by Gasteiger charge is 2.19. The smallest absolute Gasteiger partial charge is 0.230 e. The summed E-state index contributed by atoms with van der Waals surface area (Å²) in [7, 11) is 0. The molecular formula is C14H13N3OS3. The van der Waals surface area contributed by atoms with Crippen molar-refractivity contribution in [3.8, 4) is 21.1 Å². The van der Waals surface area contributed by atoms with Gasteiger partial charge in [0.05, 0.1) is 20.7 Å². The molecule has 3 heterocycles. The predicted molar refractivity (Wildman–Crippen MR) is 89.7 cm³/mol. The third-order valence-electron chi connectivity index (χ3n) is 2.89. The Morgan fingerprint density at radius 3 is 2.52 bits per heavy atom. The van der Waals surface area contributed by atoms with Crippen LogP contribution in [0.2, 0.25) is 0 Å². The molecule has 0 unspecified atom stereocenters. The molecule has 3 N–H and O–H groups in total. The van der Waals surface area contributed by atoms with Crippen molar-refractivity contribution in [1.29, 1.82) is 0 Å². The number of nitrogens with one attached hydrogen (secondary N) is 1. The van der Waals surface area contributed by atoms with Crippen molar-refractivity contribution in [2.45, 2.75) is 17.3 Å². The molecule has 3 aromatic rings. The number of hydrogen-bond acceptors (Lipinski definition) is 5. The fourth-order valence-corrected chi connectivity index (χ4v) is 4.03. The van der Waals surface area contributed by atoms with Gasteiger partial charge in [0.15, 0.2) is 5.16 Å². The number of hydrogen-bond donors (Lipinski definition) is 2. The van der Waals surface area contributed by atoms with Gasteiger partial charge < -0.3 is 10.7 Å². The molecule has 4 nitrogen and oxygen atoms in total. The summed E-state index contributed by atoms with van der Waals surface area (Å²) in [5, 5.41) is 4.46. The summed E-state index contributed by atoms with van der Waals surface area (Å²) in [5.74, 6) is -0.341. The second kappa shape index (κ2) is 6.05. The van der Waals surface area contributed by atoms with E-state index in [0.29, 0.717) is 5.16 Å². The lowest BCUT2D eigenvalue weighted by molar-refractivity contribution is -0.117. The van der Waals surface area contributed by atoms with Gasteiger partial charge in [-0.25, -0.2) is 4.98 Å². The van der Waals surface area contributed by atoms with Crippen molar-refractivity contribution in [3.05, 3.63) is 35.0 Å². The summed E-state index contributed by atoms with van der Waals surface area (Å²) >= 11 is 4.65. The molecular weight excluding hydrogens is 322 g/mol. The van der Waals surface area contributed by atoms with Gasteiger partial charge in [0, 0.05) is 0 Å². The number of nitrogens with two attached hydrogens (primary N) is 1. The van der Waals surface area contributed by atoms with Crippen LogP contribution in [0.1, 0.15) is 6.92 Å². The van der Waals surface area contributed by atoms with Crippen LogP contribution in [0.4, 0.5) is 0 Å². The van der Waals surface area contributed by atoms with Gasteiger partial charge in [-0.15, -0.1) is 22.7 Å². The predicted octanol–water partition coefficient (Wildman–Crippen LogP) is 3.83. The summed E-state index contributed by atoms with van der Waals surface area (Å²) in [5.41, 5.74) is 7.24. The maximum absolute atomic E-state index is 11.2. The summed E-state index contributed by atoms with van der Waals surface area (Å²) in [6, 6.07) is 8.12. The third-order valence-corrected chi connectivity index (χ3v) is 5.66. The maximum atomic E-state index is 11.2. The number of aromatic nitrogens is 2. The molecule has 0 aromatic carbocycles. The Bertz CT molecular complexity index is 680. The normalized spacial score (nSPS) is 12.4. The Morgan fingerprint density at radius 1 is 1.29 bits per heavy atom. The molecule has 21 heavy (non-hydrogen) atoms. The molecule has 0 radical (unpaired) electrons. The SMILES string of the molecule is C[C@H](Sc1nc(-c2cccs2)c(-c2cccs2)[nH]1)C(N)=O. The Kier molecular flexibility index (Phi) is 4.14. The minimum absolute atomic E-state index is 0.316. The molecule has 0 aliphatic heterocycles. The van der Waals surface area contributed by atoms with Gasteiger partial charge in [0.2, 0.25) is 5.91 Å². The van der Waals surface area contributed by atoms with E-state index in [1.54, 1.807) is 29.6 Å². The molecule has 0 fully saturated rings. The number of rotatable bonds is 5. The molecule has 0 bridgehead atoms. The lowest BCUT2D eigenvalue weighted by Gasteiger charge is -2.02. The zero-order valence-electron chi connectivity index (χ0n) is 11.2. The molecule has 0 saturated heterocycles. The molecule has 108 valence electrons. The molecule has 3 rings (SSSR count). The summed E-state index contributed by atoms with van der Waals surface area (Å²) < 4.78 is 0. The molecule has 0 aliphatic rings. The van der Waals surface area contributed by atoms with Gasteiger partial charge >= 0.3 is 0 Å². The maximum Gasteiger partial charge on any atom is 0.230 e. The molecule has 1 amide bonds. The Balaban J connectivity index is 2.01. The third kappa shape index (κ3) is 3.04. The van der Waals surface area contributed by atoms with Crippen LogP contribution in [0.5, 0.6) is 0 Å². The highest BCUT2D eigenvalue weighted by molar-refractivity contribution is 8.00. The first-order valence-corrected chi connectivity index (χ1v) is 8.93. The van der Waals surface area contributed by atoms with E-state index in [1.165, 1.54) is 11.8 Å². The first-order chi connectivity index (χ1) is 10.1. The number of carbonyl (C=O) groups is 1. The number of amides is 1. The number of aromatic amines is 1. The van der Waals surface area contributed by atoms with Gasteiger partial charge in [0.25, 0.3) is 0 Å². The van der Waals surface area contributed by atoms with Gasteiger partial charge in [-0.2, -0.15) is 0 Å². The molecule has 1 atom stereocenters. The number of nitrogens with zero attached hydrogens (tertiary/aromatic N) is 1. The first-order valence-electron chi connectivity index (χ1n) is 6.29. The quantitative estimate of drug-likeness (QED) is 0.696. The van der Waals surface area contributed by atoms with E-state index < -0.39 is 0 Å². The largest absolute Gasteiger partial charge is 0.369 e. The topological polar surface area (TPSA) is 71.8 Å². The fraction of sp³-hybridized carbons (Fsp3) is 0.143. The summed E-state index contributed by atoms with van der Waals surface area (Å²) in [4.78, 5) is 21.4. The lowest BCUT2D eigenvalue weighted by atomic mass is 10.2. The minimum Gasteiger partial charge on any atom is -0.369 e. The number of imidazole rings is 1. The fourth-order valence-electron chi connectivity index (χ4n) is 1.82. The van der Waals surface area contributed by atoms with Crippen LogP contribution in [-0.4, -0.2) is 21.1 Å². The molecule has 0 spiro atoms. The van der Waals surface area contributed by atoms with Crippen molar-refractivity contribution >= 4 is 40.3 Å². The molecule has 0 aliphatic carbocycles. The van der Waals surface area contributed by atoms with E-state index >= 15 is 0 Å². The molecule has 7 heteroatoms. The van der Waals surface area contributed by atoms with Crippen LogP contribution in [0.15, 0.2) is 40.2 Å². The van der Waals surface area contributed by atoms with Gasteiger partial charge in [-0.1, -0.05) is 23.9 Å². The van der Waals surface area contributed by atoms with E-state index in [2.05, 4.69) is 16.0 Å². The number of H-pyrrole nitrogens is 1. The van der Waals surface area contributed by atoms with E-state index in [4.69, 9.17) is 5.73 Å². The van der Waals surface area contributed by atoms with Gasteiger partial charge in [-0.3, -0.25) is 4.79 Å². The van der Waals surface area contributed by atoms with Crippen molar-refractivity contribution in [1.82, 2.24) is 9.97 Å². The van der Waals surface area contributed by atoms with Crippen LogP contribution >= 0.6 is 34.4 Å². The standard InChI is InChI=1S/C14H13N3OS3/c1-8(13(15)18)21-14-16-11(9-4-2-6-19-9)12(17-14)10-5-3-7-20-10/h2-8H,1H3,(H2,15,18)(H,16,17)/t8-/m0/s1. The Morgan fingerprint density at radius 2 is 1.95 bits per heavy atom. The zero-order valence-corrected chi connectivity index (χ0v) is 13.6. The lowest BCUT2D eigenvalue weighted by Crippen LogP contribution is -2.22. The minimum atomic E-state index is -0.341. The van der Waals surface area contributed by atoms with E-state index in [9.17, 15) is 4.79 Å². The van der Waals surface area contributed by atoms with Crippen molar-refractivity contribution in [2.24, 2.45) is 5.73 Å². The van der Waals surface area contributed by atoms with Gasteiger partial charge in [-0.05, 0) is 29.8 Å². The van der Waals surface area contributed by atoms with Crippen molar-refractivity contribution in [3.63, 3.8) is 0 Å². The van der Waals surface area contributed by atoms with Crippen LogP contribution in [-0.2, 0) is 4.79 Å². The Hall–Kier alpha value is -1.57. The Labute approximate surface area is 134 Å². The summed E-state index contributed by atoms with van der Waals surface area (Å²) in [6.07, 6.45) is 0. The van der Waals surface area contributed by atoms with E-state index in [-0.39, 0.29) is 11.2 Å². The van der Waals surface area contributed by atoms with Crippen molar-refractivity contribution < 1.29 is 4.79 Å². The van der Waals surface area contributed by atoms with Crippen LogP contribution in [0.3, 0.4) is 0 Å². The number of carbonyl (C=O) groups excluding carboxylic acids is 1. The first kappa shape index (κ1) is 14.4. The number of thioether (sulfide) groups is 1. The molecule has 3 aromatic heterocycles. The highest BCUT2D eigenvalue weighted by Crippen LogP contribution is 2.37. The monoisotopic (exact) mass is 335 g/mol. The van der Waals surface area contributed by atoms with Crippen LogP contribution in [0, 0.1) is 0 Å². The second-order valence-electron chi connectivity index (χ2n) is 4.38. The van der Waals surface area contributed by atoms with Crippen molar-refractivity contribution in [2.75, 3.05) is 0 Å².